The van der Waals surface area contributed by atoms with Crippen LogP contribution in [0.25, 0.3) is 16.7 Å². The molecule has 0 spiro atoms. The van der Waals surface area contributed by atoms with Gasteiger partial charge in [0.05, 0.1) is 29.8 Å². The normalized spacial score (nSPS) is 16.1. The van der Waals surface area contributed by atoms with Gasteiger partial charge in [-0.2, -0.15) is 0 Å². The molecule has 0 unspecified atom stereocenters. The summed E-state index contributed by atoms with van der Waals surface area (Å²) in [6.45, 7) is 2.51. The number of halogens is 2. The van der Waals surface area contributed by atoms with E-state index in [4.69, 9.17) is 0 Å². The lowest BCUT2D eigenvalue weighted by molar-refractivity contribution is 0.273. The van der Waals surface area contributed by atoms with E-state index >= 15 is 0 Å². The summed E-state index contributed by atoms with van der Waals surface area (Å²) in [6, 6.07) is 7.58. The first-order valence-electron chi connectivity index (χ1n) is 6.59. The number of benzene rings is 1. The van der Waals surface area contributed by atoms with Crippen LogP contribution >= 0.6 is 0 Å². The summed E-state index contributed by atoms with van der Waals surface area (Å²) < 4.78 is 28.9. The van der Waals surface area contributed by atoms with Crippen molar-refractivity contribution in [3.63, 3.8) is 0 Å². The Bertz CT molecular complexity index is 819. The van der Waals surface area contributed by atoms with Crippen LogP contribution in [-0.2, 0) is 0 Å². The second-order valence-corrected chi connectivity index (χ2v) is 5.34. The van der Waals surface area contributed by atoms with Crippen molar-refractivity contribution in [1.82, 2.24) is 9.38 Å². The first kappa shape index (κ1) is 11.6. The summed E-state index contributed by atoms with van der Waals surface area (Å²) in [5, 5.41) is 0. The highest BCUT2D eigenvalue weighted by atomic mass is 19.1. The van der Waals surface area contributed by atoms with Crippen LogP contribution in [0.2, 0.25) is 0 Å². The van der Waals surface area contributed by atoms with Gasteiger partial charge in [-0.1, -0.05) is 6.07 Å². The predicted molar refractivity (Wildman–Crippen MR) is 74.5 cm³/mol. The van der Waals surface area contributed by atoms with Gasteiger partial charge in [-0.15, -0.1) is 0 Å². The summed E-state index contributed by atoms with van der Waals surface area (Å²) in [5.74, 6) is -0.343. The molecule has 5 heteroatoms. The molecule has 0 saturated carbocycles. The zero-order valence-electron chi connectivity index (χ0n) is 11.0. The number of rotatable bonds is 1. The molecule has 0 atom stereocenters. The van der Waals surface area contributed by atoms with Crippen molar-refractivity contribution in [3.05, 3.63) is 41.8 Å². The number of imidazole rings is 1. The first-order chi connectivity index (χ1) is 9.61. The molecular formula is C15H13F2N3. The highest BCUT2D eigenvalue weighted by molar-refractivity contribution is 5.82. The van der Waals surface area contributed by atoms with E-state index in [0.29, 0.717) is 11.3 Å². The molecule has 2 aromatic heterocycles. The number of alkyl halides is 1. The molecule has 0 aliphatic carbocycles. The number of anilines is 1. The second kappa shape index (κ2) is 3.91. The van der Waals surface area contributed by atoms with E-state index in [0.717, 1.165) is 16.6 Å². The molecule has 1 fully saturated rings. The number of fused-ring (bicyclic) bond motifs is 3. The average Bonchev–Trinajstić information content (AvgIpc) is 2.71. The standard InChI is InChI=1S/C15H13F2N3/c1-9-2-3-13-12(4-9)18-15-5-14(11(17)8-20(13)15)19-6-10(16)7-19/h2-5,8,10H,6-7H2,1H3. The van der Waals surface area contributed by atoms with Gasteiger partial charge in [0.25, 0.3) is 0 Å². The van der Waals surface area contributed by atoms with Crippen molar-refractivity contribution >= 4 is 22.4 Å². The van der Waals surface area contributed by atoms with E-state index in [-0.39, 0.29) is 18.9 Å². The summed E-state index contributed by atoms with van der Waals surface area (Å²) in [4.78, 5) is 6.21. The topological polar surface area (TPSA) is 20.5 Å². The lowest BCUT2D eigenvalue weighted by Gasteiger charge is -2.36. The Balaban J connectivity index is 1.92. The summed E-state index contributed by atoms with van der Waals surface area (Å²) in [5.41, 5.74) is 3.95. The fraction of sp³-hybridized carbons (Fsp3) is 0.267. The van der Waals surface area contributed by atoms with Crippen LogP contribution in [0.5, 0.6) is 0 Å². The van der Waals surface area contributed by atoms with Gasteiger partial charge in [0, 0.05) is 12.3 Å². The number of hydrogen-bond acceptors (Lipinski definition) is 2. The van der Waals surface area contributed by atoms with Crippen LogP contribution in [0.15, 0.2) is 30.5 Å². The molecule has 102 valence electrons. The van der Waals surface area contributed by atoms with E-state index in [9.17, 15) is 8.78 Å². The third-order valence-corrected chi connectivity index (χ3v) is 3.80. The molecule has 1 aliphatic rings. The Morgan fingerprint density at radius 1 is 1.25 bits per heavy atom. The Morgan fingerprint density at radius 2 is 2.05 bits per heavy atom. The van der Waals surface area contributed by atoms with Crippen LogP contribution in [0.4, 0.5) is 14.5 Å². The number of aryl methyl sites for hydroxylation is 1. The van der Waals surface area contributed by atoms with E-state index in [1.54, 1.807) is 15.4 Å². The monoisotopic (exact) mass is 273 g/mol. The molecule has 4 rings (SSSR count). The first-order valence-corrected chi connectivity index (χ1v) is 6.59. The lowest BCUT2D eigenvalue weighted by Crippen LogP contribution is -2.48. The Labute approximate surface area is 114 Å². The average molecular weight is 273 g/mol. The van der Waals surface area contributed by atoms with Crippen LogP contribution in [0.3, 0.4) is 0 Å². The number of pyridine rings is 1. The molecule has 20 heavy (non-hydrogen) atoms. The van der Waals surface area contributed by atoms with Gasteiger partial charge in [-0.05, 0) is 24.6 Å². The van der Waals surface area contributed by atoms with Crippen molar-refractivity contribution < 1.29 is 8.78 Å². The highest BCUT2D eigenvalue weighted by Gasteiger charge is 2.28. The number of aromatic nitrogens is 2. The fourth-order valence-electron chi connectivity index (χ4n) is 2.70. The van der Waals surface area contributed by atoms with Crippen molar-refractivity contribution in [2.45, 2.75) is 13.1 Å². The number of hydrogen-bond donors (Lipinski definition) is 0. The molecule has 0 amide bonds. The quantitative estimate of drug-likeness (QED) is 0.679. The second-order valence-electron chi connectivity index (χ2n) is 5.34. The smallest absolute Gasteiger partial charge is 0.163 e. The SMILES string of the molecule is Cc1ccc2c(c1)nc1cc(N3CC(F)C3)c(F)cn12. The van der Waals surface area contributed by atoms with Gasteiger partial charge in [0.15, 0.2) is 5.82 Å². The van der Waals surface area contributed by atoms with Crippen molar-refractivity contribution in [2.24, 2.45) is 0 Å². The third-order valence-electron chi connectivity index (χ3n) is 3.80. The Kier molecular flexibility index (Phi) is 2.28. The maximum Gasteiger partial charge on any atom is 0.163 e. The van der Waals surface area contributed by atoms with Gasteiger partial charge in [-0.25, -0.2) is 13.8 Å². The zero-order chi connectivity index (χ0) is 13.9. The lowest BCUT2D eigenvalue weighted by atomic mass is 10.1. The maximum absolute atomic E-state index is 14.2. The maximum atomic E-state index is 14.2. The van der Waals surface area contributed by atoms with Crippen molar-refractivity contribution in [2.75, 3.05) is 18.0 Å². The van der Waals surface area contributed by atoms with Crippen LogP contribution < -0.4 is 4.90 Å². The summed E-state index contributed by atoms with van der Waals surface area (Å²) in [7, 11) is 0. The Morgan fingerprint density at radius 3 is 2.80 bits per heavy atom. The molecule has 0 N–H and O–H groups in total. The molecular weight excluding hydrogens is 260 g/mol. The Hall–Kier alpha value is -2.17. The molecule has 1 aromatic carbocycles. The molecule has 1 saturated heterocycles. The van der Waals surface area contributed by atoms with Crippen molar-refractivity contribution in [3.8, 4) is 0 Å². The molecule has 3 nitrogen and oxygen atoms in total. The molecule has 3 heterocycles. The zero-order valence-corrected chi connectivity index (χ0v) is 11.0. The van der Waals surface area contributed by atoms with E-state index in [1.807, 2.05) is 25.1 Å². The van der Waals surface area contributed by atoms with Gasteiger partial charge < -0.3 is 4.90 Å². The number of nitrogens with zero attached hydrogens (tertiary/aromatic N) is 3. The fourth-order valence-corrected chi connectivity index (χ4v) is 2.70. The highest BCUT2D eigenvalue weighted by Crippen LogP contribution is 2.28. The molecule has 1 aliphatic heterocycles. The summed E-state index contributed by atoms with van der Waals surface area (Å²) in [6.07, 6.45) is 0.577. The van der Waals surface area contributed by atoms with Crippen LogP contribution in [-0.4, -0.2) is 28.6 Å². The largest absolute Gasteiger partial charge is 0.363 e. The van der Waals surface area contributed by atoms with Gasteiger partial charge >= 0.3 is 0 Å². The van der Waals surface area contributed by atoms with E-state index in [2.05, 4.69) is 4.98 Å². The minimum Gasteiger partial charge on any atom is -0.363 e. The van der Waals surface area contributed by atoms with Gasteiger partial charge in [-0.3, -0.25) is 4.40 Å². The van der Waals surface area contributed by atoms with Gasteiger partial charge in [0.2, 0.25) is 0 Å². The van der Waals surface area contributed by atoms with Gasteiger partial charge in [0.1, 0.15) is 11.8 Å². The van der Waals surface area contributed by atoms with Crippen molar-refractivity contribution in [1.29, 1.82) is 0 Å². The molecule has 0 radical (unpaired) electrons. The minimum atomic E-state index is -0.855. The molecule has 0 bridgehead atoms. The molecule has 3 aromatic rings. The van der Waals surface area contributed by atoms with E-state index < -0.39 is 6.17 Å². The third kappa shape index (κ3) is 1.59. The summed E-state index contributed by atoms with van der Waals surface area (Å²) >= 11 is 0. The minimum absolute atomic E-state index is 0.256. The van der Waals surface area contributed by atoms with Crippen LogP contribution in [0, 0.1) is 12.7 Å². The van der Waals surface area contributed by atoms with Crippen LogP contribution in [0.1, 0.15) is 5.56 Å². The predicted octanol–water partition coefficient (Wildman–Crippen LogP) is 3.09. The van der Waals surface area contributed by atoms with E-state index in [1.165, 1.54) is 6.20 Å².